The molecule has 0 radical (unpaired) electrons. The molecular formula is C7H3F3N2O. The van der Waals surface area contributed by atoms with E-state index in [0.29, 0.717) is 0 Å². The Morgan fingerprint density at radius 3 is 2.69 bits per heavy atom. The lowest BCUT2D eigenvalue weighted by molar-refractivity contribution is -0.136. The van der Waals surface area contributed by atoms with Crippen molar-refractivity contribution in [2.45, 2.75) is 6.18 Å². The van der Waals surface area contributed by atoms with Crippen LogP contribution in [0, 0.1) is 0 Å². The molecule has 0 N–H and O–H groups in total. The highest BCUT2D eigenvalue weighted by molar-refractivity contribution is 5.79. The molecule has 6 heteroatoms. The van der Waals surface area contributed by atoms with Gasteiger partial charge in [0.15, 0.2) is 0 Å². The van der Waals surface area contributed by atoms with E-state index in [4.69, 9.17) is 0 Å². The van der Waals surface area contributed by atoms with Crippen LogP contribution in [-0.4, -0.2) is 10.1 Å². The van der Waals surface area contributed by atoms with E-state index >= 15 is 0 Å². The SMILES string of the molecule is FC(F)(F)c1cncc2conc12. The number of pyridine rings is 1. The minimum atomic E-state index is -4.44. The van der Waals surface area contributed by atoms with Gasteiger partial charge in [-0.05, 0) is 0 Å². The molecule has 0 bridgehead atoms. The monoisotopic (exact) mass is 188 g/mol. The van der Waals surface area contributed by atoms with Crippen LogP contribution in [-0.2, 0) is 6.18 Å². The molecule has 2 aromatic rings. The van der Waals surface area contributed by atoms with Crippen LogP contribution in [0.4, 0.5) is 13.2 Å². The molecule has 13 heavy (non-hydrogen) atoms. The summed E-state index contributed by atoms with van der Waals surface area (Å²) in [6.07, 6.45) is -1.33. The highest BCUT2D eigenvalue weighted by Crippen LogP contribution is 2.32. The Kier molecular flexibility index (Phi) is 1.51. The fourth-order valence-corrected chi connectivity index (χ4v) is 1.00. The summed E-state index contributed by atoms with van der Waals surface area (Å²) >= 11 is 0. The van der Waals surface area contributed by atoms with Crippen molar-refractivity contribution in [3.8, 4) is 0 Å². The molecule has 2 aromatic heterocycles. The van der Waals surface area contributed by atoms with Crippen molar-refractivity contribution in [3.63, 3.8) is 0 Å². The first-order valence-electron chi connectivity index (χ1n) is 3.34. The zero-order chi connectivity index (χ0) is 9.47. The number of alkyl halides is 3. The Balaban J connectivity index is 2.75. The molecule has 0 aliphatic heterocycles. The van der Waals surface area contributed by atoms with Crippen LogP contribution in [0.1, 0.15) is 5.56 Å². The largest absolute Gasteiger partial charge is 0.420 e. The Labute approximate surface area is 70.2 Å². The molecule has 0 amide bonds. The van der Waals surface area contributed by atoms with Gasteiger partial charge in [-0.15, -0.1) is 0 Å². The van der Waals surface area contributed by atoms with Crippen molar-refractivity contribution in [1.29, 1.82) is 0 Å². The first-order chi connectivity index (χ1) is 6.09. The van der Waals surface area contributed by atoms with E-state index < -0.39 is 11.7 Å². The second-order valence-corrected chi connectivity index (χ2v) is 2.44. The van der Waals surface area contributed by atoms with E-state index in [2.05, 4.69) is 14.7 Å². The maximum absolute atomic E-state index is 12.3. The number of rotatable bonds is 0. The van der Waals surface area contributed by atoms with Gasteiger partial charge in [-0.2, -0.15) is 13.2 Å². The minimum Gasteiger partial charge on any atom is -0.363 e. The molecule has 0 atom stereocenters. The van der Waals surface area contributed by atoms with Crippen molar-refractivity contribution < 1.29 is 17.7 Å². The zero-order valence-corrected chi connectivity index (χ0v) is 6.17. The van der Waals surface area contributed by atoms with Gasteiger partial charge < -0.3 is 4.52 Å². The van der Waals surface area contributed by atoms with Crippen LogP contribution < -0.4 is 0 Å². The van der Waals surface area contributed by atoms with Gasteiger partial charge in [-0.1, -0.05) is 5.16 Å². The minimum absolute atomic E-state index is 0.206. The molecule has 0 saturated heterocycles. The summed E-state index contributed by atoms with van der Waals surface area (Å²) in [7, 11) is 0. The highest BCUT2D eigenvalue weighted by atomic mass is 19.4. The summed E-state index contributed by atoms with van der Waals surface area (Å²) in [6, 6.07) is 0. The van der Waals surface area contributed by atoms with Crippen molar-refractivity contribution >= 4 is 10.9 Å². The third-order valence-corrected chi connectivity index (χ3v) is 1.57. The number of halogens is 3. The number of aromatic nitrogens is 2. The fraction of sp³-hybridized carbons (Fsp3) is 0.143. The van der Waals surface area contributed by atoms with E-state index in [1.165, 1.54) is 6.20 Å². The summed E-state index contributed by atoms with van der Waals surface area (Å²) in [5, 5.41) is 3.50. The standard InChI is InChI=1S/C7H3F3N2O/c8-7(9,10)5-2-11-1-4-3-13-12-6(4)5/h1-3H. The van der Waals surface area contributed by atoms with Crippen molar-refractivity contribution in [2.75, 3.05) is 0 Å². The van der Waals surface area contributed by atoms with Crippen molar-refractivity contribution in [1.82, 2.24) is 10.1 Å². The second-order valence-electron chi connectivity index (χ2n) is 2.44. The van der Waals surface area contributed by atoms with Gasteiger partial charge in [0.25, 0.3) is 0 Å². The predicted molar refractivity (Wildman–Crippen MR) is 36.8 cm³/mol. The average Bonchev–Trinajstić information content (AvgIpc) is 2.48. The Morgan fingerprint density at radius 2 is 2.00 bits per heavy atom. The fourth-order valence-electron chi connectivity index (χ4n) is 1.00. The molecule has 0 aromatic carbocycles. The van der Waals surface area contributed by atoms with Gasteiger partial charge in [-0.3, -0.25) is 4.98 Å². The zero-order valence-electron chi connectivity index (χ0n) is 6.17. The third-order valence-electron chi connectivity index (χ3n) is 1.57. The average molecular weight is 188 g/mol. The van der Waals surface area contributed by atoms with Crippen LogP contribution >= 0.6 is 0 Å². The van der Waals surface area contributed by atoms with Gasteiger partial charge in [0.05, 0.1) is 5.39 Å². The molecule has 0 aliphatic carbocycles. The van der Waals surface area contributed by atoms with E-state index in [-0.39, 0.29) is 10.9 Å². The van der Waals surface area contributed by atoms with Crippen molar-refractivity contribution in [3.05, 3.63) is 24.2 Å². The van der Waals surface area contributed by atoms with Crippen LogP contribution in [0.25, 0.3) is 10.9 Å². The summed E-state index contributed by atoms with van der Waals surface area (Å²) in [6.45, 7) is 0. The van der Waals surface area contributed by atoms with Gasteiger partial charge in [0.1, 0.15) is 17.3 Å². The van der Waals surface area contributed by atoms with Gasteiger partial charge in [-0.25, -0.2) is 0 Å². The van der Waals surface area contributed by atoms with E-state index in [1.807, 2.05) is 0 Å². The summed E-state index contributed by atoms with van der Waals surface area (Å²) < 4.78 is 41.2. The Hall–Kier alpha value is -1.59. The molecular weight excluding hydrogens is 185 g/mol. The van der Waals surface area contributed by atoms with Crippen LogP contribution in [0.3, 0.4) is 0 Å². The summed E-state index contributed by atoms with van der Waals surface area (Å²) in [4.78, 5) is 3.43. The molecule has 2 heterocycles. The van der Waals surface area contributed by atoms with Crippen LogP contribution in [0.5, 0.6) is 0 Å². The van der Waals surface area contributed by atoms with Gasteiger partial charge in [0, 0.05) is 12.4 Å². The Bertz CT molecular complexity index is 434. The number of nitrogens with zero attached hydrogens (tertiary/aromatic N) is 2. The first-order valence-corrected chi connectivity index (χ1v) is 3.34. The molecule has 0 unspecified atom stereocenters. The maximum Gasteiger partial charge on any atom is 0.420 e. The molecule has 68 valence electrons. The summed E-state index contributed by atoms with van der Waals surface area (Å²) in [5.74, 6) is 0. The molecule has 0 spiro atoms. The third kappa shape index (κ3) is 1.24. The molecule has 2 rings (SSSR count). The van der Waals surface area contributed by atoms with Gasteiger partial charge in [0.2, 0.25) is 0 Å². The van der Waals surface area contributed by atoms with Gasteiger partial charge >= 0.3 is 6.18 Å². The topological polar surface area (TPSA) is 38.9 Å². The second kappa shape index (κ2) is 2.45. The Morgan fingerprint density at radius 1 is 1.23 bits per heavy atom. The van der Waals surface area contributed by atoms with Crippen LogP contribution in [0.15, 0.2) is 23.2 Å². The van der Waals surface area contributed by atoms with Crippen molar-refractivity contribution in [2.24, 2.45) is 0 Å². The number of hydrogen-bond donors (Lipinski definition) is 0. The lowest BCUT2D eigenvalue weighted by Gasteiger charge is -2.04. The lowest BCUT2D eigenvalue weighted by Crippen LogP contribution is -2.06. The molecule has 0 aliphatic rings. The highest BCUT2D eigenvalue weighted by Gasteiger charge is 2.34. The number of fused-ring (bicyclic) bond motifs is 1. The smallest absolute Gasteiger partial charge is 0.363 e. The molecule has 3 nitrogen and oxygen atoms in total. The molecule has 0 fully saturated rings. The normalized spacial score (nSPS) is 12.2. The lowest BCUT2D eigenvalue weighted by atomic mass is 10.2. The van der Waals surface area contributed by atoms with E-state index in [9.17, 15) is 13.2 Å². The first kappa shape index (κ1) is 8.03. The van der Waals surface area contributed by atoms with E-state index in [0.717, 1.165) is 12.5 Å². The maximum atomic E-state index is 12.3. The summed E-state index contributed by atoms with van der Waals surface area (Å²) in [5.41, 5.74) is -1.08. The molecule has 0 saturated carbocycles. The quantitative estimate of drug-likeness (QED) is 0.636. The van der Waals surface area contributed by atoms with E-state index in [1.54, 1.807) is 0 Å². The van der Waals surface area contributed by atoms with Crippen LogP contribution in [0.2, 0.25) is 0 Å². The number of hydrogen-bond acceptors (Lipinski definition) is 3. The predicted octanol–water partition coefficient (Wildman–Crippen LogP) is 2.24.